The molecule has 1 aromatic heterocycles. The Morgan fingerprint density at radius 2 is 1.79 bits per heavy atom. The first kappa shape index (κ1) is 23.3. The zero-order chi connectivity index (χ0) is 24.0. The molecule has 1 amide bonds. The van der Waals surface area contributed by atoms with Crippen molar-refractivity contribution in [1.29, 1.82) is 0 Å². The monoisotopic (exact) mass is 500 g/mol. The summed E-state index contributed by atoms with van der Waals surface area (Å²) in [5, 5.41) is 1.29. The molecule has 4 unspecified atom stereocenters. The molecular weight excluding hydrogens is 477 g/mol. The van der Waals surface area contributed by atoms with E-state index in [4.69, 9.17) is 23.2 Å². The number of aryl methyl sites for hydroxylation is 1. The maximum Gasteiger partial charge on any atom is 0.226 e. The minimum absolute atomic E-state index is 0.0184. The number of hydrogen-bond donors (Lipinski definition) is 0. The van der Waals surface area contributed by atoms with Gasteiger partial charge >= 0.3 is 0 Å². The largest absolute Gasteiger partial charge is 0.338 e. The number of halogens is 4. The molecule has 7 heteroatoms. The predicted octanol–water partition coefficient (Wildman–Crippen LogP) is 6.91. The molecular formula is C27H24Cl2F2N2O. The van der Waals surface area contributed by atoms with Crippen LogP contribution in [-0.2, 0) is 11.3 Å². The second kappa shape index (κ2) is 9.27. The molecule has 2 aliphatic rings. The fourth-order valence-corrected chi connectivity index (χ4v) is 6.21. The van der Waals surface area contributed by atoms with E-state index in [1.165, 1.54) is 6.07 Å². The molecule has 1 aliphatic heterocycles. The molecule has 1 aliphatic carbocycles. The van der Waals surface area contributed by atoms with E-state index in [9.17, 15) is 13.6 Å². The molecule has 3 aromatic rings. The molecule has 4 atom stereocenters. The number of aromatic nitrogens is 1. The Labute approximate surface area is 207 Å². The Kier molecular flexibility index (Phi) is 6.34. The first-order valence-electron chi connectivity index (χ1n) is 11.4. The Bertz CT molecular complexity index is 1230. The van der Waals surface area contributed by atoms with Crippen molar-refractivity contribution in [3.05, 3.63) is 98.8 Å². The lowest BCUT2D eigenvalue weighted by Crippen LogP contribution is -2.33. The summed E-state index contributed by atoms with van der Waals surface area (Å²) in [4.78, 5) is 19.8. The number of benzene rings is 2. The van der Waals surface area contributed by atoms with Gasteiger partial charge in [-0.05, 0) is 78.6 Å². The summed E-state index contributed by atoms with van der Waals surface area (Å²) in [6.45, 7) is 2.79. The number of amides is 1. The van der Waals surface area contributed by atoms with E-state index in [0.717, 1.165) is 46.8 Å². The number of rotatable bonds is 4. The minimum atomic E-state index is -0.904. The highest BCUT2D eigenvalue weighted by Crippen LogP contribution is 2.53. The second-order valence-electron chi connectivity index (χ2n) is 9.37. The molecule has 2 fully saturated rings. The number of hydrogen-bond acceptors (Lipinski definition) is 2. The fraction of sp³-hybridized carbons (Fsp3) is 0.333. The number of pyridine rings is 1. The van der Waals surface area contributed by atoms with Crippen molar-refractivity contribution in [3.63, 3.8) is 0 Å². The highest BCUT2D eigenvalue weighted by Gasteiger charge is 2.50. The molecule has 2 heterocycles. The predicted molar refractivity (Wildman–Crippen MR) is 129 cm³/mol. The van der Waals surface area contributed by atoms with Gasteiger partial charge in [0.25, 0.3) is 0 Å². The van der Waals surface area contributed by atoms with Gasteiger partial charge in [-0.3, -0.25) is 9.78 Å². The summed E-state index contributed by atoms with van der Waals surface area (Å²) >= 11 is 12.8. The fourth-order valence-electron chi connectivity index (χ4n) is 5.72. The lowest BCUT2D eigenvalue weighted by Gasteiger charge is -2.39. The normalized spacial score (nSPS) is 24.4. The number of fused-ring (bicyclic) bond motifs is 1. The molecule has 0 bridgehead atoms. The van der Waals surface area contributed by atoms with Gasteiger partial charge in [0, 0.05) is 41.8 Å². The zero-order valence-electron chi connectivity index (χ0n) is 18.6. The molecule has 0 spiro atoms. The summed E-state index contributed by atoms with van der Waals surface area (Å²) in [6.07, 6.45) is 3.20. The smallest absolute Gasteiger partial charge is 0.226 e. The minimum Gasteiger partial charge on any atom is -0.338 e. The van der Waals surface area contributed by atoms with Gasteiger partial charge in [-0.1, -0.05) is 41.4 Å². The van der Waals surface area contributed by atoms with Crippen LogP contribution in [0.15, 0.2) is 54.7 Å². The molecule has 3 nitrogen and oxygen atoms in total. The van der Waals surface area contributed by atoms with Crippen LogP contribution in [0.4, 0.5) is 8.78 Å². The number of carbonyl (C=O) groups excluding carboxylic acids is 1. The van der Waals surface area contributed by atoms with E-state index in [0.29, 0.717) is 17.1 Å². The lowest BCUT2D eigenvalue weighted by atomic mass is 9.64. The van der Waals surface area contributed by atoms with Crippen LogP contribution in [0.3, 0.4) is 0 Å². The summed E-state index contributed by atoms with van der Waals surface area (Å²) in [7, 11) is 0. The van der Waals surface area contributed by atoms with Gasteiger partial charge in [-0.25, -0.2) is 8.78 Å². The lowest BCUT2D eigenvalue weighted by molar-refractivity contribution is -0.132. The van der Waals surface area contributed by atoms with Crippen LogP contribution in [0.5, 0.6) is 0 Å². The van der Waals surface area contributed by atoms with E-state index in [1.807, 2.05) is 25.1 Å². The number of likely N-dealkylation sites (tertiary alicyclic amines) is 1. The van der Waals surface area contributed by atoms with Gasteiger partial charge in [0.1, 0.15) is 0 Å². The van der Waals surface area contributed by atoms with Crippen molar-refractivity contribution in [2.24, 2.45) is 11.8 Å². The third-order valence-corrected chi connectivity index (χ3v) is 7.82. The van der Waals surface area contributed by atoms with Crippen molar-refractivity contribution in [2.45, 2.75) is 38.1 Å². The van der Waals surface area contributed by atoms with Crippen LogP contribution in [0, 0.1) is 30.4 Å². The number of carbonyl (C=O) groups is 1. The first-order valence-corrected chi connectivity index (χ1v) is 12.2. The molecule has 0 radical (unpaired) electrons. The van der Waals surface area contributed by atoms with Gasteiger partial charge in [0.05, 0.1) is 5.02 Å². The van der Waals surface area contributed by atoms with Crippen LogP contribution >= 0.6 is 23.2 Å². The third-order valence-electron chi connectivity index (χ3n) is 7.26. The van der Waals surface area contributed by atoms with Crippen LogP contribution in [0.2, 0.25) is 10.0 Å². The van der Waals surface area contributed by atoms with Crippen LogP contribution in [0.1, 0.15) is 47.1 Å². The van der Waals surface area contributed by atoms with Crippen molar-refractivity contribution in [3.8, 4) is 0 Å². The van der Waals surface area contributed by atoms with Crippen molar-refractivity contribution < 1.29 is 13.6 Å². The van der Waals surface area contributed by atoms with E-state index in [2.05, 4.69) is 17.1 Å². The van der Waals surface area contributed by atoms with E-state index < -0.39 is 11.6 Å². The van der Waals surface area contributed by atoms with E-state index in [-0.39, 0.29) is 36.1 Å². The molecule has 1 saturated heterocycles. The van der Waals surface area contributed by atoms with Gasteiger partial charge in [0.2, 0.25) is 5.91 Å². The topological polar surface area (TPSA) is 33.2 Å². The van der Waals surface area contributed by atoms with Crippen LogP contribution in [0.25, 0.3) is 0 Å². The zero-order valence-corrected chi connectivity index (χ0v) is 20.2. The highest BCUT2D eigenvalue weighted by atomic mass is 35.5. The maximum absolute atomic E-state index is 13.8. The highest BCUT2D eigenvalue weighted by molar-refractivity contribution is 6.31. The third kappa shape index (κ3) is 4.32. The second-order valence-corrected chi connectivity index (χ2v) is 10.2. The first-order chi connectivity index (χ1) is 16.3. The van der Waals surface area contributed by atoms with Crippen molar-refractivity contribution >= 4 is 29.1 Å². The number of nitrogens with zero attached hydrogens (tertiary/aromatic N) is 2. The molecule has 5 rings (SSSR count). The van der Waals surface area contributed by atoms with E-state index in [1.54, 1.807) is 11.1 Å². The van der Waals surface area contributed by atoms with Gasteiger partial charge in [-0.15, -0.1) is 0 Å². The molecule has 2 aromatic carbocycles. The summed E-state index contributed by atoms with van der Waals surface area (Å²) < 4.78 is 27.1. The SMILES string of the molecule is Cc1ccc(C2CCC3C(=O)N(Cc4ccc(F)c(F)c4)CC3C2c2ccc(Cl)cn2)c(Cl)c1. The maximum atomic E-state index is 13.8. The summed E-state index contributed by atoms with van der Waals surface area (Å²) in [5.41, 5.74) is 3.63. The van der Waals surface area contributed by atoms with Gasteiger partial charge in [0.15, 0.2) is 11.6 Å². The Hall–Kier alpha value is -2.50. The van der Waals surface area contributed by atoms with Gasteiger partial charge in [-0.2, -0.15) is 0 Å². The average molecular weight is 501 g/mol. The summed E-state index contributed by atoms with van der Waals surface area (Å²) in [5.74, 6) is -1.76. The molecule has 1 saturated carbocycles. The molecule has 0 N–H and O–H groups in total. The Balaban J connectivity index is 1.50. The van der Waals surface area contributed by atoms with Crippen molar-refractivity contribution in [2.75, 3.05) is 6.54 Å². The Morgan fingerprint density at radius 3 is 2.50 bits per heavy atom. The van der Waals surface area contributed by atoms with Crippen LogP contribution in [-0.4, -0.2) is 22.3 Å². The van der Waals surface area contributed by atoms with Crippen molar-refractivity contribution in [1.82, 2.24) is 9.88 Å². The molecule has 176 valence electrons. The Morgan fingerprint density at radius 1 is 1.00 bits per heavy atom. The standard InChI is InChI=1S/C27H24Cl2F2N2O/c1-15-2-5-18(22(29)10-15)19-6-7-20-21(26(19)25-9-4-17(28)12-32-25)14-33(27(20)34)13-16-3-8-23(30)24(31)11-16/h2-5,8-12,19-21,26H,6-7,13-14H2,1H3. The van der Waals surface area contributed by atoms with Gasteiger partial charge < -0.3 is 4.90 Å². The summed E-state index contributed by atoms with van der Waals surface area (Å²) in [6, 6.07) is 13.7. The quantitative estimate of drug-likeness (QED) is 0.389. The molecule has 34 heavy (non-hydrogen) atoms. The van der Waals surface area contributed by atoms with Crippen LogP contribution < -0.4 is 0 Å². The van der Waals surface area contributed by atoms with E-state index >= 15 is 0 Å². The average Bonchev–Trinajstić information content (AvgIpc) is 3.12.